The fourth-order valence-corrected chi connectivity index (χ4v) is 2.36. The summed E-state index contributed by atoms with van der Waals surface area (Å²) in [6.07, 6.45) is 0.595. The van der Waals surface area contributed by atoms with E-state index in [0.29, 0.717) is 17.1 Å². The molecule has 0 radical (unpaired) electrons. The maximum absolute atomic E-state index is 11.5. The van der Waals surface area contributed by atoms with Crippen LogP contribution in [-0.4, -0.2) is 23.0 Å². The molecule has 1 aromatic rings. The number of halogens is 1. The number of nitrogens with two attached hydrogens (primary N) is 1. The van der Waals surface area contributed by atoms with E-state index in [4.69, 9.17) is 22.4 Å². The Bertz CT molecular complexity index is 538. The minimum atomic E-state index is -0.897. The van der Waals surface area contributed by atoms with Crippen molar-refractivity contribution in [3.8, 4) is 0 Å². The zero-order valence-corrected chi connectivity index (χ0v) is 13.2. The zero-order valence-electron chi connectivity index (χ0n) is 12.4. The van der Waals surface area contributed by atoms with E-state index in [1.54, 1.807) is 12.1 Å². The van der Waals surface area contributed by atoms with Crippen molar-refractivity contribution in [2.24, 2.45) is 11.1 Å². The quantitative estimate of drug-likeness (QED) is 0.752. The molecule has 1 atom stereocenters. The minimum absolute atomic E-state index is 0.0436. The fraction of sp³-hybridized carbons (Fsp3) is 0.467. The van der Waals surface area contributed by atoms with Gasteiger partial charge in [0.1, 0.15) is 0 Å². The van der Waals surface area contributed by atoms with Crippen LogP contribution in [0.2, 0.25) is 5.02 Å². The average Bonchev–Trinajstić information content (AvgIpc) is 2.28. The molecule has 1 aromatic carbocycles. The molecular formula is C15H21ClN2O3. The number of hydrogen-bond donors (Lipinski definition) is 3. The number of carbonyl (C=O) groups excluding carboxylic acids is 1. The molecule has 5 nitrogen and oxygen atoms in total. The molecule has 1 unspecified atom stereocenters. The summed E-state index contributed by atoms with van der Waals surface area (Å²) >= 11 is 5.86. The van der Waals surface area contributed by atoms with Crippen LogP contribution >= 0.6 is 11.6 Å². The number of carbonyl (C=O) groups is 2. The lowest BCUT2D eigenvalue weighted by Gasteiger charge is -2.27. The van der Waals surface area contributed by atoms with Gasteiger partial charge < -0.3 is 16.2 Å². The summed E-state index contributed by atoms with van der Waals surface area (Å²) in [4.78, 5) is 22.5. The van der Waals surface area contributed by atoms with Crippen LogP contribution in [0.4, 0.5) is 5.69 Å². The molecule has 0 heterocycles. The molecule has 1 rings (SSSR count). The van der Waals surface area contributed by atoms with Crippen LogP contribution in [-0.2, 0) is 4.79 Å². The molecule has 1 amide bonds. The lowest BCUT2D eigenvalue weighted by Crippen LogP contribution is -2.29. The number of rotatable bonds is 6. The van der Waals surface area contributed by atoms with Crippen molar-refractivity contribution in [2.45, 2.75) is 39.7 Å². The van der Waals surface area contributed by atoms with E-state index in [9.17, 15) is 9.59 Å². The number of nitrogens with one attached hydrogen (secondary N) is 1. The zero-order chi connectivity index (χ0) is 16.2. The lowest BCUT2D eigenvalue weighted by molar-refractivity contribution is -0.137. The standard InChI is InChI=1S/C15H21ClN2O3/c1-15(2,3)8-10(7-13(19)20)18-12-5-4-9(16)6-11(12)14(17)21/h4-6,10,18H,7-8H2,1-3H3,(H2,17,21)(H,19,20). The first-order valence-corrected chi connectivity index (χ1v) is 7.04. The molecule has 0 aliphatic carbocycles. The summed E-state index contributed by atoms with van der Waals surface area (Å²) in [5.41, 5.74) is 6.04. The number of anilines is 1. The van der Waals surface area contributed by atoms with Gasteiger partial charge in [-0.15, -0.1) is 0 Å². The van der Waals surface area contributed by atoms with Gasteiger partial charge in [-0.05, 0) is 30.0 Å². The predicted octanol–water partition coefficient (Wildman–Crippen LogP) is 3.13. The van der Waals surface area contributed by atoms with E-state index >= 15 is 0 Å². The third-order valence-corrected chi connectivity index (χ3v) is 3.12. The summed E-state index contributed by atoms with van der Waals surface area (Å²) in [6, 6.07) is 4.44. The molecule has 0 saturated carbocycles. The Morgan fingerprint density at radius 1 is 1.38 bits per heavy atom. The molecule has 0 aliphatic rings. The first kappa shape index (κ1) is 17.3. The predicted molar refractivity (Wildman–Crippen MR) is 83.7 cm³/mol. The van der Waals surface area contributed by atoms with Gasteiger partial charge in [-0.3, -0.25) is 9.59 Å². The average molecular weight is 313 g/mol. The van der Waals surface area contributed by atoms with Crippen molar-refractivity contribution in [1.82, 2.24) is 0 Å². The Morgan fingerprint density at radius 2 is 2.00 bits per heavy atom. The highest BCUT2D eigenvalue weighted by Gasteiger charge is 2.22. The van der Waals surface area contributed by atoms with Crippen LogP contribution in [0, 0.1) is 5.41 Å². The van der Waals surface area contributed by atoms with Gasteiger partial charge in [-0.2, -0.15) is 0 Å². The van der Waals surface area contributed by atoms with Crippen molar-refractivity contribution in [1.29, 1.82) is 0 Å². The van der Waals surface area contributed by atoms with Crippen LogP contribution < -0.4 is 11.1 Å². The number of hydrogen-bond acceptors (Lipinski definition) is 3. The van der Waals surface area contributed by atoms with Crippen LogP contribution in [0.25, 0.3) is 0 Å². The van der Waals surface area contributed by atoms with Gasteiger partial charge in [0.05, 0.1) is 12.0 Å². The monoisotopic (exact) mass is 312 g/mol. The maximum atomic E-state index is 11.5. The van der Waals surface area contributed by atoms with Gasteiger partial charge >= 0.3 is 5.97 Å². The van der Waals surface area contributed by atoms with Gasteiger partial charge in [-0.1, -0.05) is 32.4 Å². The lowest BCUT2D eigenvalue weighted by atomic mass is 9.87. The van der Waals surface area contributed by atoms with Crippen molar-refractivity contribution in [2.75, 3.05) is 5.32 Å². The molecule has 0 fully saturated rings. The van der Waals surface area contributed by atoms with E-state index in [1.807, 2.05) is 20.8 Å². The Kier molecular flexibility index (Phi) is 5.61. The molecular weight excluding hydrogens is 292 g/mol. The molecule has 0 aromatic heterocycles. The number of carboxylic acids is 1. The Balaban J connectivity index is 3.02. The van der Waals surface area contributed by atoms with Gasteiger partial charge in [0.25, 0.3) is 5.91 Å². The molecule has 116 valence electrons. The van der Waals surface area contributed by atoms with E-state index in [1.165, 1.54) is 6.07 Å². The van der Waals surface area contributed by atoms with E-state index in [2.05, 4.69) is 5.32 Å². The highest BCUT2D eigenvalue weighted by atomic mass is 35.5. The largest absolute Gasteiger partial charge is 0.481 e. The van der Waals surface area contributed by atoms with Crippen molar-refractivity contribution >= 4 is 29.2 Å². The Morgan fingerprint density at radius 3 is 2.48 bits per heavy atom. The van der Waals surface area contributed by atoms with Crippen LogP contribution in [0.5, 0.6) is 0 Å². The number of aliphatic carboxylic acids is 1. The maximum Gasteiger partial charge on any atom is 0.305 e. The van der Waals surface area contributed by atoms with Crippen LogP contribution in [0.1, 0.15) is 44.0 Å². The minimum Gasteiger partial charge on any atom is -0.481 e. The molecule has 0 spiro atoms. The van der Waals surface area contributed by atoms with Crippen molar-refractivity contribution in [3.05, 3.63) is 28.8 Å². The fourth-order valence-electron chi connectivity index (χ4n) is 2.19. The summed E-state index contributed by atoms with van der Waals surface area (Å²) < 4.78 is 0. The number of amides is 1. The highest BCUT2D eigenvalue weighted by Crippen LogP contribution is 2.27. The summed E-state index contributed by atoms with van der Waals surface area (Å²) in [5, 5.41) is 12.5. The smallest absolute Gasteiger partial charge is 0.305 e. The highest BCUT2D eigenvalue weighted by molar-refractivity contribution is 6.31. The van der Waals surface area contributed by atoms with Crippen LogP contribution in [0.3, 0.4) is 0 Å². The first-order valence-electron chi connectivity index (χ1n) is 6.66. The topological polar surface area (TPSA) is 92.4 Å². The second-order valence-electron chi connectivity index (χ2n) is 6.26. The third kappa shape index (κ3) is 6.04. The second kappa shape index (κ2) is 6.80. The molecule has 21 heavy (non-hydrogen) atoms. The summed E-state index contributed by atoms with van der Waals surface area (Å²) in [7, 11) is 0. The number of primary amides is 1. The summed E-state index contributed by atoms with van der Waals surface area (Å²) in [5.74, 6) is -1.50. The summed E-state index contributed by atoms with van der Waals surface area (Å²) in [6.45, 7) is 6.08. The van der Waals surface area contributed by atoms with Crippen molar-refractivity contribution < 1.29 is 14.7 Å². The van der Waals surface area contributed by atoms with E-state index in [0.717, 1.165) is 0 Å². The van der Waals surface area contributed by atoms with Gasteiger partial charge in [0.15, 0.2) is 0 Å². The second-order valence-corrected chi connectivity index (χ2v) is 6.69. The number of benzene rings is 1. The molecule has 0 bridgehead atoms. The SMILES string of the molecule is CC(C)(C)CC(CC(=O)O)Nc1ccc(Cl)cc1C(N)=O. The number of carboxylic acid groups (broad SMARTS) is 1. The first-order chi connectivity index (χ1) is 9.58. The molecule has 4 N–H and O–H groups in total. The third-order valence-electron chi connectivity index (χ3n) is 2.89. The molecule has 6 heteroatoms. The Labute approximate surface area is 129 Å². The normalized spacial score (nSPS) is 12.8. The van der Waals surface area contributed by atoms with E-state index < -0.39 is 11.9 Å². The van der Waals surface area contributed by atoms with Gasteiger partial charge in [0.2, 0.25) is 0 Å². The van der Waals surface area contributed by atoms with Crippen molar-refractivity contribution in [3.63, 3.8) is 0 Å². The van der Waals surface area contributed by atoms with Crippen LogP contribution in [0.15, 0.2) is 18.2 Å². The molecule has 0 aliphatic heterocycles. The van der Waals surface area contributed by atoms with Gasteiger partial charge in [0, 0.05) is 16.8 Å². The Hall–Kier alpha value is -1.75. The van der Waals surface area contributed by atoms with Gasteiger partial charge in [-0.25, -0.2) is 0 Å². The van der Waals surface area contributed by atoms with E-state index in [-0.39, 0.29) is 23.4 Å². The molecule has 0 saturated heterocycles.